The van der Waals surface area contributed by atoms with Crippen LogP contribution in [0.15, 0.2) is 72.8 Å². The molecule has 0 aliphatic carbocycles. The Morgan fingerprint density at radius 1 is 0.929 bits per heavy atom. The second-order valence-corrected chi connectivity index (χ2v) is 9.99. The molecule has 0 aromatic heterocycles. The average Bonchev–Trinajstić information content (AvgIpc) is 2.94. The molecule has 3 aromatic rings. The zero-order chi connectivity index (χ0) is 30.5. The molecule has 2 atom stereocenters. The number of benzene rings is 3. The monoisotopic (exact) mass is 593 g/mol. The number of alkyl halides is 6. The lowest BCUT2D eigenvalue weighted by Crippen LogP contribution is -2.51. The predicted molar refractivity (Wildman–Crippen MR) is 143 cm³/mol. The average molecular weight is 594 g/mol. The molecule has 1 heterocycles. The molecule has 42 heavy (non-hydrogen) atoms. The molecular formula is C30H29F6N3O3. The van der Waals surface area contributed by atoms with Crippen LogP contribution in [0, 0.1) is 0 Å². The molecule has 224 valence electrons. The van der Waals surface area contributed by atoms with E-state index in [1.54, 1.807) is 4.90 Å². The molecule has 1 fully saturated rings. The largest absolute Gasteiger partial charge is 0.573 e. The molecular weight excluding hydrogens is 564 g/mol. The van der Waals surface area contributed by atoms with Gasteiger partial charge in [-0.1, -0.05) is 48.5 Å². The van der Waals surface area contributed by atoms with Gasteiger partial charge in [-0.2, -0.15) is 13.2 Å². The number of halogens is 6. The minimum absolute atomic E-state index is 0.0340. The van der Waals surface area contributed by atoms with E-state index >= 15 is 0 Å². The summed E-state index contributed by atoms with van der Waals surface area (Å²) in [5, 5.41) is 5.83. The molecule has 4 rings (SSSR count). The van der Waals surface area contributed by atoms with Crippen molar-refractivity contribution in [3.8, 4) is 16.9 Å². The maximum atomic E-state index is 13.2. The second kappa shape index (κ2) is 12.8. The minimum atomic E-state index is -4.95. The van der Waals surface area contributed by atoms with E-state index in [1.807, 2.05) is 30.3 Å². The van der Waals surface area contributed by atoms with Crippen LogP contribution in [0.2, 0.25) is 0 Å². The lowest BCUT2D eigenvalue weighted by molar-refractivity contribution is -0.274. The number of ether oxygens (including phenoxy) is 1. The molecule has 1 saturated heterocycles. The molecule has 0 bridgehead atoms. The summed E-state index contributed by atoms with van der Waals surface area (Å²) in [7, 11) is 0. The van der Waals surface area contributed by atoms with Gasteiger partial charge in [-0.15, -0.1) is 13.2 Å². The van der Waals surface area contributed by atoms with Crippen LogP contribution in [-0.4, -0.2) is 48.8 Å². The third kappa shape index (κ3) is 8.25. The van der Waals surface area contributed by atoms with Crippen molar-refractivity contribution in [3.05, 3.63) is 89.5 Å². The molecule has 1 aliphatic heterocycles. The summed E-state index contributed by atoms with van der Waals surface area (Å²) in [6, 6.07) is 17.5. The number of hydrogen-bond acceptors (Lipinski definition) is 4. The fraction of sp³-hybridized carbons (Fsp3) is 0.333. The van der Waals surface area contributed by atoms with Gasteiger partial charge >= 0.3 is 12.5 Å². The summed E-state index contributed by atoms with van der Waals surface area (Å²) in [5.74, 6) is -1.19. The van der Waals surface area contributed by atoms with E-state index in [4.69, 9.17) is 0 Å². The number of rotatable bonds is 8. The second-order valence-electron chi connectivity index (χ2n) is 9.99. The van der Waals surface area contributed by atoms with Crippen LogP contribution in [-0.2, 0) is 22.3 Å². The third-order valence-corrected chi connectivity index (χ3v) is 7.07. The number of carbonyl (C=O) groups is 2. The molecule has 0 unspecified atom stereocenters. The summed E-state index contributed by atoms with van der Waals surface area (Å²) in [6.45, 7) is 1.85. The van der Waals surface area contributed by atoms with E-state index in [0.717, 1.165) is 23.8 Å². The van der Waals surface area contributed by atoms with E-state index < -0.39 is 23.9 Å². The van der Waals surface area contributed by atoms with Gasteiger partial charge < -0.3 is 20.3 Å². The van der Waals surface area contributed by atoms with Gasteiger partial charge in [0, 0.05) is 44.1 Å². The van der Waals surface area contributed by atoms with Crippen LogP contribution >= 0.6 is 0 Å². The Morgan fingerprint density at radius 2 is 1.60 bits per heavy atom. The number of hydrogen-bond donors (Lipinski definition) is 2. The van der Waals surface area contributed by atoms with Gasteiger partial charge in [0.05, 0.1) is 12.1 Å². The Bertz CT molecular complexity index is 1380. The summed E-state index contributed by atoms with van der Waals surface area (Å²) in [5.41, 5.74) is 1.08. The molecule has 6 nitrogen and oxygen atoms in total. The van der Waals surface area contributed by atoms with Gasteiger partial charge in [-0.05, 0) is 47.4 Å². The van der Waals surface area contributed by atoms with Gasteiger partial charge in [-0.3, -0.25) is 9.59 Å². The van der Waals surface area contributed by atoms with E-state index in [0.29, 0.717) is 30.6 Å². The lowest BCUT2D eigenvalue weighted by Gasteiger charge is -2.39. The summed E-state index contributed by atoms with van der Waals surface area (Å²) < 4.78 is 82.8. The van der Waals surface area contributed by atoms with E-state index in [9.17, 15) is 35.9 Å². The highest BCUT2D eigenvalue weighted by atomic mass is 19.4. The van der Waals surface area contributed by atoms with Crippen LogP contribution in [0.3, 0.4) is 0 Å². The fourth-order valence-corrected chi connectivity index (χ4v) is 4.99. The highest BCUT2D eigenvalue weighted by Crippen LogP contribution is 2.34. The SMILES string of the molecule is CC(=O)NCC(=O)N1CC[C@H](NCc2cc(-c3ccc(C(F)(F)F)cc3)ccc2OC(F)(F)F)[C@H](c2ccccc2)C1. The zero-order valence-corrected chi connectivity index (χ0v) is 22.6. The van der Waals surface area contributed by atoms with E-state index in [-0.39, 0.29) is 42.4 Å². The molecule has 2 N–H and O–H groups in total. The number of likely N-dealkylation sites (tertiary alicyclic amines) is 1. The van der Waals surface area contributed by atoms with Gasteiger partial charge in [0.1, 0.15) is 5.75 Å². The predicted octanol–water partition coefficient (Wildman–Crippen LogP) is 5.88. The number of carbonyl (C=O) groups excluding carboxylic acids is 2. The van der Waals surface area contributed by atoms with Gasteiger partial charge in [0.15, 0.2) is 0 Å². The van der Waals surface area contributed by atoms with E-state index in [1.165, 1.54) is 31.2 Å². The molecule has 0 saturated carbocycles. The van der Waals surface area contributed by atoms with Crippen molar-refractivity contribution in [2.45, 2.75) is 44.4 Å². The molecule has 0 spiro atoms. The van der Waals surface area contributed by atoms with Gasteiger partial charge in [0.25, 0.3) is 0 Å². The molecule has 12 heteroatoms. The van der Waals surface area contributed by atoms with Crippen molar-refractivity contribution in [1.29, 1.82) is 0 Å². The smallest absolute Gasteiger partial charge is 0.405 e. The topological polar surface area (TPSA) is 70.7 Å². The van der Waals surface area contributed by atoms with Crippen LogP contribution in [0.4, 0.5) is 26.3 Å². The number of amides is 2. The number of piperidine rings is 1. The highest BCUT2D eigenvalue weighted by Gasteiger charge is 2.34. The Morgan fingerprint density at radius 3 is 2.21 bits per heavy atom. The first kappa shape index (κ1) is 30.9. The molecule has 3 aromatic carbocycles. The van der Waals surface area contributed by atoms with Crippen LogP contribution in [0.5, 0.6) is 5.75 Å². The van der Waals surface area contributed by atoms with Crippen molar-refractivity contribution >= 4 is 11.8 Å². The van der Waals surface area contributed by atoms with Crippen LogP contribution in [0.1, 0.15) is 36.0 Å². The minimum Gasteiger partial charge on any atom is -0.405 e. The van der Waals surface area contributed by atoms with E-state index in [2.05, 4.69) is 15.4 Å². The normalized spacial score (nSPS) is 17.5. The van der Waals surface area contributed by atoms with Gasteiger partial charge in [0.2, 0.25) is 11.8 Å². The van der Waals surface area contributed by atoms with Crippen LogP contribution in [0.25, 0.3) is 11.1 Å². The first-order chi connectivity index (χ1) is 19.8. The Kier molecular flexibility index (Phi) is 9.45. The summed E-state index contributed by atoms with van der Waals surface area (Å²) in [6.07, 6.45) is -8.98. The molecule has 0 radical (unpaired) electrons. The maximum Gasteiger partial charge on any atom is 0.573 e. The Labute approximate surface area is 238 Å². The molecule has 2 amide bonds. The first-order valence-corrected chi connectivity index (χ1v) is 13.2. The fourth-order valence-electron chi connectivity index (χ4n) is 4.99. The first-order valence-electron chi connectivity index (χ1n) is 13.2. The number of nitrogens with zero attached hydrogens (tertiary/aromatic N) is 1. The lowest BCUT2D eigenvalue weighted by atomic mass is 9.85. The number of nitrogens with one attached hydrogen (secondary N) is 2. The quantitative estimate of drug-likeness (QED) is 0.320. The summed E-state index contributed by atoms with van der Waals surface area (Å²) in [4.78, 5) is 25.6. The van der Waals surface area contributed by atoms with Gasteiger partial charge in [-0.25, -0.2) is 0 Å². The van der Waals surface area contributed by atoms with Crippen LogP contribution < -0.4 is 15.4 Å². The van der Waals surface area contributed by atoms with Crippen molar-refractivity contribution in [2.75, 3.05) is 19.6 Å². The van der Waals surface area contributed by atoms with Crippen molar-refractivity contribution in [2.24, 2.45) is 0 Å². The Hall–Kier alpha value is -4.06. The summed E-state index contributed by atoms with van der Waals surface area (Å²) >= 11 is 0. The highest BCUT2D eigenvalue weighted by molar-refractivity contribution is 5.83. The van der Waals surface area contributed by atoms with Crippen molar-refractivity contribution < 1.29 is 40.7 Å². The standard InChI is InChI=1S/C30H29F6N3O3/c1-19(40)37-17-28(41)39-14-13-26(25(18-39)21-5-3-2-4-6-21)38-16-23-15-22(9-12-27(23)42-30(34,35)36)20-7-10-24(11-8-20)29(31,32)33/h2-12,15,25-26,38H,13-14,16-18H2,1H3,(H,37,40)/t25-,26-/m0/s1. The van der Waals surface area contributed by atoms with Crippen molar-refractivity contribution in [3.63, 3.8) is 0 Å². The maximum absolute atomic E-state index is 13.2. The zero-order valence-electron chi connectivity index (χ0n) is 22.6. The third-order valence-electron chi connectivity index (χ3n) is 7.07. The molecule has 1 aliphatic rings. The van der Waals surface area contributed by atoms with Crippen molar-refractivity contribution in [1.82, 2.24) is 15.5 Å². The Balaban J connectivity index is 1.57.